The maximum Gasteiger partial charge on any atom is 0.267 e. The van der Waals surface area contributed by atoms with Gasteiger partial charge in [-0.1, -0.05) is 36.7 Å². The van der Waals surface area contributed by atoms with Gasteiger partial charge in [0.1, 0.15) is 5.76 Å². The molecule has 0 N–H and O–H groups in total. The van der Waals surface area contributed by atoms with E-state index < -0.39 is 0 Å². The monoisotopic (exact) mass is 496 g/mol. The molecule has 1 aromatic heterocycles. The molecule has 8 heteroatoms. The van der Waals surface area contributed by atoms with E-state index in [9.17, 15) is 4.79 Å². The van der Waals surface area contributed by atoms with Gasteiger partial charge in [-0.05, 0) is 73.1 Å². The summed E-state index contributed by atoms with van der Waals surface area (Å²) in [5, 5.41) is 1.00. The highest BCUT2D eigenvalue weighted by atomic mass is 35.5. The molecule has 4 rings (SSSR count). The van der Waals surface area contributed by atoms with Crippen molar-refractivity contribution >= 4 is 46.2 Å². The minimum atomic E-state index is -0.161. The number of carbonyl (C=O) groups is 1. The summed E-state index contributed by atoms with van der Waals surface area (Å²) in [5.41, 5.74) is 1.49. The number of ether oxygens (including phenoxy) is 2. The molecule has 0 saturated carbocycles. The van der Waals surface area contributed by atoms with E-state index in [-0.39, 0.29) is 18.6 Å². The number of benzene rings is 2. The molecule has 1 fully saturated rings. The fourth-order valence-electron chi connectivity index (χ4n) is 3.28. The number of carbonyl (C=O) groups excluding carboxylic acids is 1. The Kier molecular flexibility index (Phi) is 7.65. The van der Waals surface area contributed by atoms with Gasteiger partial charge in [0.05, 0.1) is 41.6 Å². The van der Waals surface area contributed by atoms with E-state index >= 15 is 0 Å². The molecule has 2 aromatic carbocycles. The van der Waals surface area contributed by atoms with Gasteiger partial charge in [-0.2, -0.15) is 0 Å². The lowest BCUT2D eigenvalue weighted by molar-refractivity contribution is -0.122. The van der Waals surface area contributed by atoms with Crippen LogP contribution in [-0.2, 0) is 11.3 Å². The highest BCUT2D eigenvalue weighted by molar-refractivity contribution is 8.18. The summed E-state index contributed by atoms with van der Waals surface area (Å²) in [7, 11) is 1.57. The van der Waals surface area contributed by atoms with Gasteiger partial charge in [-0.3, -0.25) is 9.69 Å². The molecule has 6 nitrogen and oxygen atoms in total. The fraction of sp³-hybridized carbons (Fsp3) is 0.231. The average molecular weight is 497 g/mol. The maximum absolute atomic E-state index is 13.4. The second-order valence-corrected chi connectivity index (χ2v) is 9.10. The molecule has 3 aromatic rings. The topological polar surface area (TPSA) is 64.3 Å². The lowest BCUT2D eigenvalue weighted by Gasteiger charge is -2.17. The molecule has 0 radical (unpaired) electrons. The van der Waals surface area contributed by atoms with Crippen molar-refractivity contribution in [2.24, 2.45) is 4.99 Å². The first-order valence-electron chi connectivity index (χ1n) is 10.9. The average Bonchev–Trinajstić information content (AvgIpc) is 3.45. The Hall–Kier alpha value is -3.16. The quantitative estimate of drug-likeness (QED) is 0.316. The molecule has 0 unspecified atom stereocenters. The van der Waals surface area contributed by atoms with E-state index in [1.807, 2.05) is 56.3 Å². The Morgan fingerprint density at radius 2 is 2.00 bits per heavy atom. The van der Waals surface area contributed by atoms with Crippen LogP contribution in [0.3, 0.4) is 0 Å². The van der Waals surface area contributed by atoms with Crippen LogP contribution in [0.25, 0.3) is 6.08 Å². The third-order valence-corrected chi connectivity index (χ3v) is 6.49. The molecule has 1 aliphatic heterocycles. The van der Waals surface area contributed by atoms with Crippen LogP contribution in [0.4, 0.5) is 5.69 Å². The molecule has 0 spiro atoms. The number of halogens is 1. The van der Waals surface area contributed by atoms with Crippen molar-refractivity contribution in [2.45, 2.75) is 32.9 Å². The predicted octanol–water partition coefficient (Wildman–Crippen LogP) is 6.92. The second kappa shape index (κ2) is 10.8. The van der Waals surface area contributed by atoms with Gasteiger partial charge in [-0.15, -0.1) is 0 Å². The number of furan rings is 1. The van der Waals surface area contributed by atoms with Crippen molar-refractivity contribution in [1.29, 1.82) is 0 Å². The van der Waals surface area contributed by atoms with Crippen LogP contribution in [0.2, 0.25) is 5.02 Å². The number of thioether (sulfide) groups is 1. The summed E-state index contributed by atoms with van der Waals surface area (Å²) in [4.78, 5) is 20.2. The first-order valence-corrected chi connectivity index (χ1v) is 12.1. The number of nitrogens with zero attached hydrogens (tertiary/aromatic N) is 2. The van der Waals surface area contributed by atoms with Crippen molar-refractivity contribution in [3.05, 3.63) is 82.1 Å². The Morgan fingerprint density at radius 1 is 1.21 bits per heavy atom. The number of rotatable bonds is 8. The third kappa shape index (κ3) is 5.48. The van der Waals surface area contributed by atoms with Crippen LogP contribution in [0, 0.1) is 0 Å². The minimum Gasteiger partial charge on any atom is -0.493 e. The van der Waals surface area contributed by atoms with Crippen LogP contribution < -0.4 is 9.47 Å². The van der Waals surface area contributed by atoms with E-state index in [0.29, 0.717) is 32.4 Å². The van der Waals surface area contributed by atoms with Crippen molar-refractivity contribution in [2.75, 3.05) is 7.11 Å². The number of methoxy groups -OCH3 is 1. The normalized spacial score (nSPS) is 16.9. The lowest BCUT2D eigenvalue weighted by atomic mass is 10.1. The first kappa shape index (κ1) is 24.0. The van der Waals surface area contributed by atoms with Crippen LogP contribution >= 0.6 is 23.4 Å². The molecule has 1 atom stereocenters. The van der Waals surface area contributed by atoms with Gasteiger partial charge in [0, 0.05) is 0 Å². The van der Waals surface area contributed by atoms with Crippen LogP contribution in [0.5, 0.6) is 11.5 Å². The number of hydrogen-bond acceptors (Lipinski definition) is 6. The number of para-hydroxylation sites is 1. The molecular formula is C26H25ClN2O4S. The van der Waals surface area contributed by atoms with Crippen molar-refractivity contribution < 1.29 is 18.7 Å². The number of aliphatic imine (C=N–C) groups is 1. The van der Waals surface area contributed by atoms with E-state index in [1.165, 1.54) is 11.8 Å². The molecule has 1 amide bonds. The van der Waals surface area contributed by atoms with Crippen molar-refractivity contribution in [1.82, 2.24) is 4.90 Å². The molecule has 0 aliphatic carbocycles. The Bertz CT molecular complexity index is 1210. The molecule has 34 heavy (non-hydrogen) atoms. The van der Waals surface area contributed by atoms with Crippen molar-refractivity contribution in [3.63, 3.8) is 0 Å². The first-order chi connectivity index (χ1) is 16.5. The van der Waals surface area contributed by atoms with E-state index in [1.54, 1.807) is 36.5 Å². The summed E-state index contributed by atoms with van der Waals surface area (Å²) in [6.45, 7) is 4.30. The van der Waals surface area contributed by atoms with Gasteiger partial charge in [0.15, 0.2) is 16.7 Å². The van der Waals surface area contributed by atoms with Gasteiger partial charge in [-0.25, -0.2) is 4.99 Å². The van der Waals surface area contributed by atoms with E-state index in [2.05, 4.69) is 0 Å². The highest BCUT2D eigenvalue weighted by Crippen LogP contribution is 2.40. The molecule has 176 valence electrons. The summed E-state index contributed by atoms with van der Waals surface area (Å²) >= 11 is 7.83. The molecule has 0 bridgehead atoms. The van der Waals surface area contributed by atoms with Gasteiger partial charge in [0.25, 0.3) is 5.91 Å². The summed E-state index contributed by atoms with van der Waals surface area (Å²) < 4.78 is 16.9. The minimum absolute atomic E-state index is 0.00511. The summed E-state index contributed by atoms with van der Waals surface area (Å²) in [6, 6.07) is 16.7. The fourth-order valence-corrected chi connectivity index (χ4v) is 4.54. The lowest BCUT2D eigenvalue weighted by Crippen LogP contribution is -2.28. The molecule has 1 saturated heterocycles. The summed E-state index contributed by atoms with van der Waals surface area (Å²) in [6.07, 6.45) is 4.21. The molecular weight excluding hydrogens is 472 g/mol. The van der Waals surface area contributed by atoms with Crippen LogP contribution in [0.15, 0.2) is 75.2 Å². The number of hydrogen-bond donors (Lipinski definition) is 0. The smallest absolute Gasteiger partial charge is 0.267 e. The Balaban J connectivity index is 1.68. The zero-order valence-electron chi connectivity index (χ0n) is 19.2. The maximum atomic E-state index is 13.4. The standard InChI is InChI=1S/C26H25ClN2O4S/c1-4-17(2)33-24-21(27)13-18(14-22(24)31-3)15-23-25(30)29(16-20-11-8-12-32-20)26(34-23)28-19-9-6-5-7-10-19/h5-15,17H,4,16H2,1-3H3/b23-15-,28-26?/t17-/m1/s1. The molecule has 2 heterocycles. The van der Waals surface area contributed by atoms with Crippen molar-refractivity contribution in [3.8, 4) is 11.5 Å². The van der Waals surface area contributed by atoms with Gasteiger partial charge >= 0.3 is 0 Å². The Labute approximate surface area is 208 Å². The predicted molar refractivity (Wildman–Crippen MR) is 137 cm³/mol. The highest BCUT2D eigenvalue weighted by Gasteiger charge is 2.34. The zero-order chi connectivity index (χ0) is 24.1. The van der Waals surface area contributed by atoms with E-state index in [0.717, 1.165) is 17.7 Å². The van der Waals surface area contributed by atoms with Gasteiger partial charge < -0.3 is 13.9 Å². The second-order valence-electron chi connectivity index (χ2n) is 7.68. The third-order valence-electron chi connectivity index (χ3n) is 5.21. The SMILES string of the molecule is CC[C@@H](C)Oc1c(Cl)cc(/C=C2\SC(=Nc3ccccc3)N(Cc3ccco3)C2=O)cc1OC. The van der Waals surface area contributed by atoms with Crippen LogP contribution in [0.1, 0.15) is 31.6 Å². The number of amides is 1. The van der Waals surface area contributed by atoms with E-state index in [4.69, 9.17) is 30.5 Å². The number of amidine groups is 1. The molecule has 1 aliphatic rings. The summed E-state index contributed by atoms with van der Waals surface area (Å²) in [5.74, 6) is 1.52. The zero-order valence-corrected chi connectivity index (χ0v) is 20.7. The van der Waals surface area contributed by atoms with Gasteiger partial charge in [0.2, 0.25) is 0 Å². The van der Waals surface area contributed by atoms with Crippen LogP contribution in [-0.4, -0.2) is 29.2 Å². The Morgan fingerprint density at radius 3 is 2.68 bits per heavy atom. The largest absolute Gasteiger partial charge is 0.493 e.